The van der Waals surface area contributed by atoms with Crippen LogP contribution < -0.4 is 14.8 Å². The van der Waals surface area contributed by atoms with E-state index in [1.165, 1.54) is 44.8 Å². The van der Waals surface area contributed by atoms with Crippen molar-refractivity contribution in [3.8, 4) is 11.5 Å². The summed E-state index contributed by atoms with van der Waals surface area (Å²) in [7, 11) is 4.19. The molecule has 0 unspecified atom stereocenters. The van der Waals surface area contributed by atoms with Gasteiger partial charge in [-0.05, 0) is 28.1 Å². The molecule has 0 fully saturated rings. The van der Waals surface area contributed by atoms with E-state index in [-0.39, 0.29) is 17.2 Å². The topological polar surface area (TPSA) is 73.9 Å². The molecule has 1 N–H and O–H groups in total. The normalized spacial score (nSPS) is 10.1. The molecule has 0 bridgehead atoms. The van der Waals surface area contributed by atoms with Gasteiger partial charge in [0.15, 0.2) is 11.5 Å². The molecule has 23 heavy (non-hydrogen) atoms. The van der Waals surface area contributed by atoms with E-state index >= 15 is 0 Å². The van der Waals surface area contributed by atoms with Gasteiger partial charge < -0.3 is 19.5 Å². The molecule has 1 aromatic heterocycles. The molecule has 0 saturated heterocycles. The second-order valence-corrected chi connectivity index (χ2v) is 6.77. The fourth-order valence-corrected chi connectivity index (χ4v) is 3.16. The number of amides is 1. The van der Waals surface area contributed by atoms with E-state index in [0.29, 0.717) is 16.4 Å². The van der Waals surface area contributed by atoms with Crippen LogP contribution >= 0.6 is 27.3 Å². The molecule has 8 heteroatoms. The minimum absolute atomic E-state index is 0.175. The first kappa shape index (κ1) is 17.3. The molecule has 0 aliphatic heterocycles. The van der Waals surface area contributed by atoms with Crippen LogP contribution in [0.25, 0.3) is 0 Å². The van der Waals surface area contributed by atoms with Gasteiger partial charge >= 0.3 is 5.97 Å². The lowest BCUT2D eigenvalue weighted by Crippen LogP contribution is -2.15. The second-order valence-electron chi connectivity index (χ2n) is 4.30. The van der Waals surface area contributed by atoms with Crippen LogP contribution in [-0.2, 0) is 4.74 Å². The van der Waals surface area contributed by atoms with E-state index in [9.17, 15) is 9.59 Å². The fourth-order valence-electron chi connectivity index (χ4n) is 1.88. The predicted molar refractivity (Wildman–Crippen MR) is 90.9 cm³/mol. The van der Waals surface area contributed by atoms with Gasteiger partial charge in [-0.1, -0.05) is 0 Å². The van der Waals surface area contributed by atoms with Gasteiger partial charge in [0, 0.05) is 12.1 Å². The molecule has 0 saturated carbocycles. The highest BCUT2D eigenvalue weighted by Crippen LogP contribution is 2.34. The summed E-state index contributed by atoms with van der Waals surface area (Å²) in [6.45, 7) is 0. The fraction of sp³-hybridized carbons (Fsp3) is 0.200. The third kappa shape index (κ3) is 3.83. The number of anilines is 1. The lowest BCUT2D eigenvalue weighted by molar-refractivity contribution is 0.0601. The van der Waals surface area contributed by atoms with Crippen molar-refractivity contribution < 1.29 is 23.8 Å². The average Bonchev–Trinajstić information content (AvgIpc) is 3.00. The van der Waals surface area contributed by atoms with E-state index in [1.807, 2.05) is 0 Å². The molecule has 1 heterocycles. The van der Waals surface area contributed by atoms with E-state index < -0.39 is 5.97 Å². The van der Waals surface area contributed by atoms with Gasteiger partial charge in [-0.2, -0.15) is 0 Å². The number of esters is 1. The maximum absolute atomic E-state index is 12.3. The van der Waals surface area contributed by atoms with E-state index in [2.05, 4.69) is 21.2 Å². The molecule has 2 aromatic rings. The first-order chi connectivity index (χ1) is 11.0. The molecule has 1 aromatic carbocycles. The SMILES string of the molecule is COC(=O)c1cc(OC)c(OC)cc1NC(=O)c1ccc(Br)s1. The largest absolute Gasteiger partial charge is 0.493 e. The lowest BCUT2D eigenvalue weighted by Gasteiger charge is -2.14. The average molecular weight is 400 g/mol. The minimum atomic E-state index is -0.589. The summed E-state index contributed by atoms with van der Waals surface area (Å²) in [5, 5.41) is 2.70. The van der Waals surface area contributed by atoms with E-state index in [0.717, 1.165) is 3.79 Å². The van der Waals surface area contributed by atoms with Gasteiger partial charge in [-0.15, -0.1) is 11.3 Å². The molecule has 0 radical (unpaired) electrons. The number of thiophene rings is 1. The summed E-state index contributed by atoms with van der Waals surface area (Å²) in [5.74, 6) is -0.167. The van der Waals surface area contributed by atoms with Crippen LogP contribution in [0.15, 0.2) is 28.1 Å². The van der Waals surface area contributed by atoms with Gasteiger partial charge in [0.2, 0.25) is 0 Å². The van der Waals surface area contributed by atoms with Gasteiger partial charge in [-0.25, -0.2) is 4.79 Å². The number of benzene rings is 1. The summed E-state index contributed by atoms with van der Waals surface area (Å²) >= 11 is 4.59. The zero-order chi connectivity index (χ0) is 17.0. The lowest BCUT2D eigenvalue weighted by atomic mass is 10.1. The van der Waals surface area contributed by atoms with Crippen molar-refractivity contribution in [3.63, 3.8) is 0 Å². The summed E-state index contributed by atoms with van der Waals surface area (Å²) in [4.78, 5) is 24.8. The monoisotopic (exact) mass is 399 g/mol. The molecule has 122 valence electrons. The Bertz CT molecular complexity index is 743. The Morgan fingerprint density at radius 1 is 1.09 bits per heavy atom. The van der Waals surface area contributed by atoms with Gasteiger partial charge in [0.1, 0.15) is 0 Å². The maximum atomic E-state index is 12.3. The van der Waals surface area contributed by atoms with Crippen LogP contribution in [0.5, 0.6) is 11.5 Å². The predicted octanol–water partition coefficient (Wildman–Crippen LogP) is 3.57. The summed E-state index contributed by atoms with van der Waals surface area (Å²) < 4.78 is 16.0. The first-order valence-corrected chi connectivity index (χ1v) is 8.02. The zero-order valence-corrected chi connectivity index (χ0v) is 15.0. The highest BCUT2D eigenvalue weighted by atomic mass is 79.9. The van der Waals surface area contributed by atoms with Crippen molar-refractivity contribution in [2.75, 3.05) is 26.6 Å². The summed E-state index contributed by atoms with van der Waals surface area (Å²) in [6.07, 6.45) is 0. The minimum Gasteiger partial charge on any atom is -0.493 e. The number of ether oxygens (including phenoxy) is 3. The highest BCUT2D eigenvalue weighted by Gasteiger charge is 2.20. The number of methoxy groups -OCH3 is 3. The Hall–Kier alpha value is -2.06. The molecule has 0 aliphatic rings. The van der Waals surface area contributed by atoms with Crippen LogP contribution in [0.2, 0.25) is 0 Å². The Kier molecular flexibility index (Phi) is 5.62. The van der Waals surface area contributed by atoms with Gasteiger partial charge in [-0.3, -0.25) is 4.79 Å². The highest BCUT2D eigenvalue weighted by molar-refractivity contribution is 9.11. The van der Waals surface area contributed by atoms with Crippen LogP contribution in [0, 0.1) is 0 Å². The van der Waals surface area contributed by atoms with Crippen molar-refractivity contribution >= 4 is 44.8 Å². The molecule has 2 rings (SSSR count). The van der Waals surface area contributed by atoms with Crippen molar-refractivity contribution in [2.45, 2.75) is 0 Å². The number of carbonyl (C=O) groups excluding carboxylic acids is 2. The number of carbonyl (C=O) groups is 2. The van der Waals surface area contributed by atoms with Gasteiger partial charge in [0.25, 0.3) is 5.91 Å². The zero-order valence-electron chi connectivity index (χ0n) is 12.6. The van der Waals surface area contributed by atoms with E-state index in [4.69, 9.17) is 14.2 Å². The van der Waals surface area contributed by atoms with Crippen molar-refractivity contribution in [2.24, 2.45) is 0 Å². The standard InChI is InChI=1S/C15H14BrNO5S/c1-20-10-6-8(15(19)22-3)9(7-11(10)21-2)17-14(18)12-4-5-13(16)23-12/h4-7H,1-3H3,(H,17,18). The third-order valence-electron chi connectivity index (χ3n) is 2.97. The Labute approximate surface area is 145 Å². The van der Waals surface area contributed by atoms with Gasteiger partial charge in [0.05, 0.1) is 41.2 Å². The molecule has 1 amide bonds. The molecular weight excluding hydrogens is 386 g/mol. The van der Waals surface area contributed by atoms with Crippen molar-refractivity contribution in [1.82, 2.24) is 0 Å². The molecule has 6 nitrogen and oxygen atoms in total. The number of hydrogen-bond acceptors (Lipinski definition) is 6. The van der Waals surface area contributed by atoms with Crippen LogP contribution in [0.3, 0.4) is 0 Å². The third-order valence-corrected chi connectivity index (χ3v) is 4.60. The second kappa shape index (κ2) is 7.47. The molecule has 0 aliphatic carbocycles. The van der Waals surface area contributed by atoms with Crippen molar-refractivity contribution in [3.05, 3.63) is 38.5 Å². The van der Waals surface area contributed by atoms with Crippen LogP contribution in [0.4, 0.5) is 5.69 Å². The smallest absolute Gasteiger partial charge is 0.340 e. The number of hydrogen-bond donors (Lipinski definition) is 1. The first-order valence-electron chi connectivity index (χ1n) is 6.41. The molecular formula is C15H14BrNO5S. The van der Waals surface area contributed by atoms with Crippen LogP contribution in [-0.4, -0.2) is 33.2 Å². The number of rotatable bonds is 5. The molecule has 0 spiro atoms. The Morgan fingerprint density at radius 2 is 1.74 bits per heavy atom. The Morgan fingerprint density at radius 3 is 2.26 bits per heavy atom. The van der Waals surface area contributed by atoms with Crippen molar-refractivity contribution in [1.29, 1.82) is 0 Å². The number of nitrogens with one attached hydrogen (secondary N) is 1. The molecule has 0 atom stereocenters. The number of halogens is 1. The summed E-state index contributed by atoms with van der Waals surface area (Å²) in [6, 6.07) is 6.44. The quantitative estimate of drug-likeness (QED) is 0.777. The van der Waals surface area contributed by atoms with Crippen LogP contribution in [0.1, 0.15) is 20.0 Å². The maximum Gasteiger partial charge on any atom is 0.340 e. The Balaban J connectivity index is 2.42. The summed E-state index contributed by atoms with van der Waals surface area (Å²) in [5.41, 5.74) is 0.457. The van der Waals surface area contributed by atoms with E-state index in [1.54, 1.807) is 12.1 Å².